The lowest BCUT2D eigenvalue weighted by Gasteiger charge is -2.22. The lowest BCUT2D eigenvalue weighted by Crippen LogP contribution is -2.98. The summed E-state index contributed by atoms with van der Waals surface area (Å²) in [5.74, 6) is -0.110. The number of hydrogen-bond donors (Lipinski definition) is 1. The maximum atomic E-state index is 12.5. The second-order valence-electron chi connectivity index (χ2n) is 4.01. The minimum Gasteiger partial charge on any atom is -0.629 e. The van der Waals surface area contributed by atoms with Gasteiger partial charge < -0.3 is 10.3 Å². The number of hydrogen-bond acceptors (Lipinski definition) is 1. The number of rotatable bonds is 2. The van der Waals surface area contributed by atoms with Gasteiger partial charge in [0.15, 0.2) is 0 Å². The maximum Gasteiger partial charge on any atom is 0.416 e. The van der Waals surface area contributed by atoms with Crippen molar-refractivity contribution in [3.8, 4) is 0 Å². The van der Waals surface area contributed by atoms with Crippen molar-refractivity contribution in [2.45, 2.75) is 25.9 Å². The van der Waals surface area contributed by atoms with Gasteiger partial charge in [-0.05, 0) is 18.1 Å². The van der Waals surface area contributed by atoms with Crippen LogP contribution in [0, 0.1) is 5.21 Å². The summed E-state index contributed by atoms with van der Waals surface area (Å²) in [5, 5.41) is 11.0. The highest BCUT2D eigenvalue weighted by atomic mass is 19.4. The lowest BCUT2D eigenvalue weighted by molar-refractivity contribution is -0.751. The van der Waals surface area contributed by atoms with Gasteiger partial charge in [-0.3, -0.25) is 0 Å². The molecule has 0 aliphatic carbocycles. The maximum absolute atomic E-state index is 12.5. The fourth-order valence-electron chi connectivity index (χ4n) is 1.54. The molecule has 0 spiro atoms. The van der Waals surface area contributed by atoms with Gasteiger partial charge in [-0.15, -0.1) is 0 Å². The molecule has 0 aliphatic rings. The molecule has 0 fully saturated rings. The quantitative estimate of drug-likeness (QED) is 0.781. The first-order valence-electron chi connectivity index (χ1n) is 4.95. The Balaban J connectivity index is 3.29. The Bertz CT molecular complexity index is 372. The van der Waals surface area contributed by atoms with E-state index >= 15 is 0 Å². The number of halogens is 3. The third-order valence-electron chi connectivity index (χ3n) is 2.38. The van der Waals surface area contributed by atoms with Gasteiger partial charge in [0, 0.05) is 11.6 Å². The van der Waals surface area contributed by atoms with Crippen LogP contribution in [-0.4, -0.2) is 7.05 Å². The highest BCUT2D eigenvalue weighted by Crippen LogP contribution is 2.33. The zero-order valence-corrected chi connectivity index (χ0v) is 9.35. The van der Waals surface area contributed by atoms with E-state index in [0.29, 0.717) is 11.3 Å². The SMILES string of the molecule is CC(C)c1cc(C(F)(F)F)ccc1[NH+](C)[O-]. The Hall–Kier alpha value is -1.07. The average Bonchev–Trinajstić information content (AvgIpc) is 2.15. The van der Waals surface area contributed by atoms with Gasteiger partial charge in [-0.1, -0.05) is 13.8 Å². The highest BCUT2D eigenvalue weighted by molar-refractivity contribution is 5.45. The third kappa shape index (κ3) is 2.74. The first kappa shape index (κ1) is 13.0. The van der Waals surface area contributed by atoms with Crippen LogP contribution in [0.2, 0.25) is 0 Å². The lowest BCUT2D eigenvalue weighted by atomic mass is 9.98. The summed E-state index contributed by atoms with van der Waals surface area (Å²) in [6.07, 6.45) is -4.36. The van der Waals surface area contributed by atoms with Crippen LogP contribution >= 0.6 is 0 Å². The van der Waals surface area contributed by atoms with E-state index in [1.165, 1.54) is 13.1 Å². The molecule has 0 bridgehead atoms. The average molecular weight is 233 g/mol. The number of quaternary nitrogens is 1. The Morgan fingerprint density at radius 1 is 1.25 bits per heavy atom. The summed E-state index contributed by atoms with van der Waals surface area (Å²) in [6.45, 7) is 3.53. The molecule has 5 heteroatoms. The normalized spacial score (nSPS) is 14.2. The topological polar surface area (TPSA) is 27.5 Å². The zero-order valence-electron chi connectivity index (χ0n) is 9.35. The van der Waals surface area contributed by atoms with E-state index < -0.39 is 11.7 Å². The molecule has 0 amide bonds. The van der Waals surface area contributed by atoms with Crippen molar-refractivity contribution in [2.24, 2.45) is 0 Å². The fraction of sp³-hybridized carbons (Fsp3) is 0.455. The molecule has 0 saturated heterocycles. The van der Waals surface area contributed by atoms with Crippen LogP contribution in [0.4, 0.5) is 18.9 Å². The molecule has 1 rings (SSSR count). The monoisotopic (exact) mass is 233 g/mol. The van der Waals surface area contributed by atoms with Gasteiger partial charge in [-0.2, -0.15) is 13.2 Å². The smallest absolute Gasteiger partial charge is 0.416 e. The first-order chi connectivity index (χ1) is 7.23. The van der Waals surface area contributed by atoms with E-state index in [0.717, 1.165) is 12.1 Å². The molecular formula is C11H14F3NO. The molecular weight excluding hydrogens is 219 g/mol. The third-order valence-corrected chi connectivity index (χ3v) is 2.38. The second kappa shape index (κ2) is 4.43. The largest absolute Gasteiger partial charge is 0.629 e. The molecule has 1 aromatic rings. The van der Waals surface area contributed by atoms with E-state index in [-0.39, 0.29) is 11.0 Å². The van der Waals surface area contributed by atoms with Gasteiger partial charge in [-0.25, -0.2) is 0 Å². The van der Waals surface area contributed by atoms with Crippen LogP contribution in [0.15, 0.2) is 18.2 Å². The van der Waals surface area contributed by atoms with Crippen molar-refractivity contribution >= 4 is 5.69 Å². The van der Waals surface area contributed by atoms with E-state index in [9.17, 15) is 18.4 Å². The summed E-state index contributed by atoms with van der Waals surface area (Å²) in [5.41, 5.74) is 0.103. The minimum absolute atomic E-state index is 0.110. The van der Waals surface area contributed by atoms with Crippen molar-refractivity contribution in [1.82, 2.24) is 0 Å². The molecule has 16 heavy (non-hydrogen) atoms. The van der Waals surface area contributed by atoms with Crippen molar-refractivity contribution in [3.05, 3.63) is 34.5 Å². The Kier molecular flexibility index (Phi) is 3.60. The highest BCUT2D eigenvalue weighted by Gasteiger charge is 2.31. The molecule has 0 heterocycles. The summed E-state index contributed by atoms with van der Waals surface area (Å²) >= 11 is 0. The predicted octanol–water partition coefficient (Wildman–Crippen LogP) is 2.47. The first-order valence-corrected chi connectivity index (χ1v) is 4.95. The molecule has 1 aromatic carbocycles. The van der Waals surface area contributed by atoms with Gasteiger partial charge in [0.05, 0.1) is 12.6 Å². The van der Waals surface area contributed by atoms with Gasteiger partial charge in [0.2, 0.25) is 0 Å². The van der Waals surface area contributed by atoms with E-state index in [4.69, 9.17) is 0 Å². The number of alkyl halides is 3. The molecule has 90 valence electrons. The van der Waals surface area contributed by atoms with Crippen LogP contribution < -0.4 is 5.06 Å². The Labute approximate surface area is 92.3 Å². The summed E-state index contributed by atoms with van der Waals surface area (Å²) < 4.78 is 37.4. The number of hydroxylamine groups is 1. The van der Waals surface area contributed by atoms with E-state index in [1.807, 2.05) is 0 Å². The summed E-state index contributed by atoms with van der Waals surface area (Å²) in [7, 11) is 1.36. The van der Waals surface area contributed by atoms with E-state index in [1.54, 1.807) is 13.8 Å². The minimum atomic E-state index is -4.36. The molecule has 2 nitrogen and oxygen atoms in total. The molecule has 0 aromatic heterocycles. The van der Waals surface area contributed by atoms with Crippen molar-refractivity contribution in [3.63, 3.8) is 0 Å². The van der Waals surface area contributed by atoms with Gasteiger partial charge >= 0.3 is 6.18 Å². The van der Waals surface area contributed by atoms with Crippen LogP contribution in [0.1, 0.15) is 30.9 Å². The molecule has 0 saturated carbocycles. The zero-order chi connectivity index (χ0) is 12.5. The molecule has 0 radical (unpaired) electrons. The van der Waals surface area contributed by atoms with Crippen LogP contribution in [0.25, 0.3) is 0 Å². The fourth-order valence-corrected chi connectivity index (χ4v) is 1.54. The van der Waals surface area contributed by atoms with Crippen molar-refractivity contribution in [1.29, 1.82) is 0 Å². The predicted molar refractivity (Wildman–Crippen MR) is 55.4 cm³/mol. The second-order valence-corrected chi connectivity index (χ2v) is 4.01. The Morgan fingerprint density at radius 2 is 1.81 bits per heavy atom. The summed E-state index contributed by atoms with van der Waals surface area (Å²) in [4.78, 5) is 0. The van der Waals surface area contributed by atoms with E-state index in [2.05, 4.69) is 0 Å². The van der Waals surface area contributed by atoms with Crippen LogP contribution in [0.5, 0.6) is 0 Å². The number of nitrogens with one attached hydrogen (secondary N) is 1. The molecule has 0 aliphatic heterocycles. The molecule has 1 atom stereocenters. The molecule has 1 unspecified atom stereocenters. The summed E-state index contributed by atoms with van der Waals surface area (Å²) in [6, 6.07) is 3.25. The van der Waals surface area contributed by atoms with Gasteiger partial charge in [0.1, 0.15) is 5.69 Å². The van der Waals surface area contributed by atoms with Crippen molar-refractivity contribution in [2.75, 3.05) is 7.05 Å². The van der Waals surface area contributed by atoms with Crippen LogP contribution in [-0.2, 0) is 6.18 Å². The van der Waals surface area contributed by atoms with Crippen molar-refractivity contribution < 1.29 is 18.2 Å². The van der Waals surface area contributed by atoms with Crippen LogP contribution in [0.3, 0.4) is 0 Å². The standard InChI is InChI=1S/C11H14F3NO/c1-7(2)9-6-8(11(12,13)14)4-5-10(9)15(3)16/h4-7,15H,1-3H3. The number of benzene rings is 1. The Morgan fingerprint density at radius 3 is 2.19 bits per heavy atom. The molecule has 1 N–H and O–H groups in total. The van der Waals surface area contributed by atoms with Gasteiger partial charge in [0.25, 0.3) is 0 Å².